The fourth-order valence-corrected chi connectivity index (χ4v) is 3.05. The number of benzene rings is 1. The second-order valence-electron chi connectivity index (χ2n) is 5.88. The first kappa shape index (κ1) is 15.6. The molecule has 1 atom stereocenters. The van der Waals surface area contributed by atoms with Crippen LogP contribution in [-0.4, -0.2) is 9.97 Å². The molecule has 1 heterocycles. The molecule has 1 unspecified atom stereocenters. The second-order valence-corrected chi connectivity index (χ2v) is 8.51. The summed E-state index contributed by atoms with van der Waals surface area (Å²) >= 11 is 10.5. The van der Waals surface area contributed by atoms with Gasteiger partial charge in [-0.2, -0.15) is 0 Å². The van der Waals surface area contributed by atoms with Crippen molar-refractivity contribution in [3.8, 4) is 0 Å². The number of alkyl halides is 2. The first-order chi connectivity index (χ1) is 10.3. The van der Waals surface area contributed by atoms with Crippen LogP contribution in [0.4, 0.5) is 4.39 Å². The summed E-state index contributed by atoms with van der Waals surface area (Å²) in [4.78, 5) is 8.30. The monoisotopic (exact) mass is 380 g/mol. The lowest BCUT2D eigenvalue weighted by molar-refractivity contribution is 0.613. The molecule has 0 saturated carbocycles. The van der Waals surface area contributed by atoms with Gasteiger partial charge in [0.15, 0.2) is 0 Å². The van der Waals surface area contributed by atoms with Crippen molar-refractivity contribution in [3.05, 3.63) is 65.0 Å². The number of aromatic nitrogens is 2. The van der Waals surface area contributed by atoms with Gasteiger partial charge in [-0.15, -0.1) is 11.6 Å². The maximum atomic E-state index is 13.6. The van der Waals surface area contributed by atoms with E-state index in [1.54, 1.807) is 12.3 Å². The molecule has 3 rings (SSSR count). The molecule has 5 heteroatoms. The van der Waals surface area contributed by atoms with Crippen molar-refractivity contribution in [3.63, 3.8) is 0 Å². The van der Waals surface area contributed by atoms with Gasteiger partial charge in [-0.1, -0.05) is 34.1 Å². The highest BCUT2D eigenvalue weighted by Gasteiger charge is 2.38. The molecule has 1 aromatic heterocycles. The van der Waals surface area contributed by atoms with Gasteiger partial charge in [0.25, 0.3) is 0 Å². The highest BCUT2D eigenvalue weighted by molar-refractivity contribution is 9.09. The van der Waals surface area contributed by atoms with E-state index in [-0.39, 0.29) is 10.1 Å². The molecule has 0 N–H and O–H groups in total. The molecule has 0 saturated heterocycles. The highest BCUT2D eigenvalue weighted by atomic mass is 79.9. The Labute approximate surface area is 142 Å². The lowest BCUT2D eigenvalue weighted by atomic mass is 9.86. The van der Waals surface area contributed by atoms with Crippen LogP contribution in [0.15, 0.2) is 36.5 Å². The Balaban J connectivity index is 2.20. The molecule has 2 aromatic rings. The zero-order valence-electron chi connectivity index (χ0n) is 12.3. The lowest BCUT2D eigenvalue weighted by Gasteiger charge is -2.31. The van der Waals surface area contributed by atoms with E-state index >= 15 is 0 Å². The van der Waals surface area contributed by atoms with Crippen LogP contribution < -0.4 is 0 Å². The first-order valence-corrected chi connectivity index (χ1v) is 8.16. The van der Waals surface area contributed by atoms with Gasteiger partial charge in [0.05, 0.1) is 27.6 Å². The van der Waals surface area contributed by atoms with Gasteiger partial charge in [0.2, 0.25) is 0 Å². The summed E-state index contributed by atoms with van der Waals surface area (Å²) in [6.45, 7) is 4.00. The Morgan fingerprint density at radius 3 is 2.82 bits per heavy atom. The normalized spacial score (nSPS) is 20.8. The summed E-state index contributed by atoms with van der Waals surface area (Å²) in [7, 11) is 0. The van der Waals surface area contributed by atoms with Gasteiger partial charge < -0.3 is 0 Å². The average molecular weight is 382 g/mol. The van der Waals surface area contributed by atoms with Gasteiger partial charge in [0.1, 0.15) is 10.7 Å². The molecule has 22 heavy (non-hydrogen) atoms. The topological polar surface area (TPSA) is 25.8 Å². The SMILES string of the molecule is CC(C)(Br)c1cnc2c(n1)C(Cl)(c1cccc(F)c1)CC=C2. The number of hydrogen-bond acceptors (Lipinski definition) is 2. The number of allylic oxidation sites excluding steroid dienone is 1. The quantitative estimate of drug-likeness (QED) is 0.673. The average Bonchev–Trinajstić information content (AvgIpc) is 2.46. The van der Waals surface area contributed by atoms with E-state index < -0.39 is 4.87 Å². The Morgan fingerprint density at radius 2 is 2.14 bits per heavy atom. The minimum absolute atomic E-state index is 0.307. The van der Waals surface area contributed by atoms with E-state index in [4.69, 9.17) is 16.6 Å². The van der Waals surface area contributed by atoms with Gasteiger partial charge in [0, 0.05) is 0 Å². The van der Waals surface area contributed by atoms with Crippen molar-refractivity contribution < 1.29 is 4.39 Å². The zero-order valence-corrected chi connectivity index (χ0v) is 14.6. The van der Waals surface area contributed by atoms with Gasteiger partial charge in [-0.25, -0.2) is 4.39 Å². The number of rotatable bonds is 2. The number of halogens is 3. The van der Waals surface area contributed by atoms with Crippen molar-refractivity contribution in [1.29, 1.82) is 0 Å². The maximum absolute atomic E-state index is 13.6. The third kappa shape index (κ3) is 2.70. The molecule has 1 aliphatic rings. The summed E-state index contributed by atoms with van der Waals surface area (Å²) in [6, 6.07) is 6.36. The lowest BCUT2D eigenvalue weighted by Crippen LogP contribution is -2.27. The van der Waals surface area contributed by atoms with Crippen molar-refractivity contribution in [1.82, 2.24) is 9.97 Å². The van der Waals surface area contributed by atoms with E-state index in [9.17, 15) is 4.39 Å². The summed E-state index contributed by atoms with van der Waals surface area (Å²) in [6.07, 6.45) is 6.15. The van der Waals surface area contributed by atoms with Crippen molar-refractivity contribution >= 4 is 33.6 Å². The molecule has 0 radical (unpaired) electrons. The van der Waals surface area contributed by atoms with E-state index in [0.29, 0.717) is 17.7 Å². The second kappa shape index (κ2) is 5.43. The molecular formula is C17H15BrClFN2. The molecule has 0 aliphatic heterocycles. The van der Waals surface area contributed by atoms with Crippen LogP contribution in [0.2, 0.25) is 0 Å². The Hall–Kier alpha value is -1.26. The molecule has 1 aliphatic carbocycles. The van der Waals surface area contributed by atoms with Gasteiger partial charge >= 0.3 is 0 Å². The van der Waals surface area contributed by atoms with E-state index in [1.165, 1.54) is 12.1 Å². The van der Waals surface area contributed by atoms with Gasteiger partial charge in [-0.3, -0.25) is 9.97 Å². The fraction of sp³-hybridized carbons (Fsp3) is 0.294. The third-order valence-corrected chi connectivity index (χ3v) is 4.70. The summed E-state index contributed by atoms with van der Waals surface area (Å²) in [5, 5.41) is 0. The standard InChI is InChI=1S/C17H15BrClFN2/c1-16(2,18)14-10-21-13-7-4-8-17(19,15(13)22-14)11-5-3-6-12(20)9-11/h3-7,9-10H,8H2,1-2H3. The molecule has 0 spiro atoms. The summed E-state index contributed by atoms with van der Waals surface area (Å²) in [5.74, 6) is -0.307. The third-order valence-electron chi connectivity index (χ3n) is 3.74. The molecule has 2 nitrogen and oxygen atoms in total. The Kier molecular flexibility index (Phi) is 3.86. The first-order valence-electron chi connectivity index (χ1n) is 6.99. The van der Waals surface area contributed by atoms with Crippen molar-refractivity contribution in [2.45, 2.75) is 29.5 Å². The molecule has 0 fully saturated rings. The van der Waals surface area contributed by atoms with Crippen molar-refractivity contribution in [2.75, 3.05) is 0 Å². The minimum atomic E-state index is -0.895. The molecule has 1 aromatic carbocycles. The predicted octanol–water partition coefficient (Wildman–Crippen LogP) is 5.15. The van der Waals surface area contributed by atoms with Crippen LogP contribution in [0, 0.1) is 5.82 Å². The van der Waals surface area contributed by atoms with Crippen molar-refractivity contribution in [2.24, 2.45) is 0 Å². The van der Waals surface area contributed by atoms with E-state index in [2.05, 4.69) is 20.9 Å². The van der Waals surface area contributed by atoms with Crippen LogP contribution in [0.3, 0.4) is 0 Å². The number of hydrogen-bond donors (Lipinski definition) is 0. The van der Waals surface area contributed by atoms with Gasteiger partial charge in [-0.05, 0) is 44.0 Å². The Bertz CT molecular complexity index is 755. The number of fused-ring (bicyclic) bond motifs is 1. The molecular weight excluding hydrogens is 367 g/mol. The van der Waals surface area contributed by atoms with E-state index in [0.717, 1.165) is 11.4 Å². The van der Waals surface area contributed by atoms with Crippen LogP contribution in [-0.2, 0) is 9.20 Å². The molecule has 0 bridgehead atoms. The Morgan fingerprint density at radius 1 is 1.36 bits per heavy atom. The molecule has 114 valence electrons. The van der Waals surface area contributed by atoms with Crippen LogP contribution >= 0.6 is 27.5 Å². The highest BCUT2D eigenvalue weighted by Crippen LogP contribution is 2.44. The predicted molar refractivity (Wildman–Crippen MR) is 90.7 cm³/mol. The minimum Gasteiger partial charge on any atom is -0.253 e. The zero-order chi connectivity index (χ0) is 16.0. The van der Waals surface area contributed by atoms with E-state index in [1.807, 2.05) is 32.1 Å². The van der Waals surface area contributed by atoms with Crippen LogP contribution in [0.1, 0.15) is 42.9 Å². The summed E-state index contributed by atoms with van der Waals surface area (Å²) < 4.78 is 13.3. The van der Waals surface area contributed by atoms with Crippen LogP contribution in [0.5, 0.6) is 0 Å². The molecule has 0 amide bonds. The smallest absolute Gasteiger partial charge is 0.123 e. The van der Waals surface area contributed by atoms with Crippen LogP contribution in [0.25, 0.3) is 6.08 Å². The maximum Gasteiger partial charge on any atom is 0.123 e. The number of nitrogens with zero attached hydrogens (tertiary/aromatic N) is 2. The largest absolute Gasteiger partial charge is 0.253 e. The summed E-state index contributed by atoms with van der Waals surface area (Å²) in [5.41, 5.74) is 2.89. The fourth-order valence-electron chi connectivity index (χ4n) is 2.52.